The van der Waals surface area contributed by atoms with Gasteiger partial charge in [0.15, 0.2) is 0 Å². The van der Waals surface area contributed by atoms with E-state index in [1.54, 1.807) is 0 Å². The largest absolute Gasteiger partial charge is 0.491 e. The van der Waals surface area contributed by atoms with Gasteiger partial charge in [-0.1, -0.05) is 42.5 Å². The predicted octanol–water partition coefficient (Wildman–Crippen LogP) is 3.91. The van der Waals surface area contributed by atoms with Crippen LogP contribution in [0.15, 0.2) is 54.6 Å². The molecule has 1 heterocycles. The van der Waals surface area contributed by atoms with E-state index in [-0.39, 0.29) is 24.3 Å². The number of carbonyl (C=O) groups excluding carboxylic acids is 2. The number of amides is 1. The van der Waals surface area contributed by atoms with Gasteiger partial charge in [-0.3, -0.25) is 9.59 Å². The van der Waals surface area contributed by atoms with E-state index in [4.69, 9.17) is 9.47 Å². The summed E-state index contributed by atoms with van der Waals surface area (Å²) in [6, 6.07) is 18.1. The summed E-state index contributed by atoms with van der Waals surface area (Å²) < 4.78 is 11.1. The van der Waals surface area contributed by atoms with Crippen LogP contribution in [0.2, 0.25) is 0 Å². The molecule has 166 valence electrons. The molecule has 0 saturated carbocycles. The molecule has 0 spiro atoms. The molecular formula is C25H32N2O4. The number of carbonyl (C=O) groups is 2. The number of rotatable bonds is 10. The highest BCUT2D eigenvalue weighted by molar-refractivity contribution is 5.82. The topological polar surface area (TPSA) is 67.9 Å². The minimum atomic E-state index is -0.147. The summed E-state index contributed by atoms with van der Waals surface area (Å²) >= 11 is 0. The van der Waals surface area contributed by atoms with Crippen LogP contribution in [-0.2, 0) is 20.7 Å². The average Bonchev–Trinajstić information content (AvgIpc) is 2.82. The molecule has 1 fully saturated rings. The van der Waals surface area contributed by atoms with E-state index >= 15 is 0 Å². The van der Waals surface area contributed by atoms with E-state index in [0.29, 0.717) is 39.1 Å². The normalized spacial score (nSPS) is 14.2. The van der Waals surface area contributed by atoms with Crippen LogP contribution in [0.3, 0.4) is 0 Å². The Hall–Kier alpha value is -3.02. The third kappa shape index (κ3) is 7.02. The molecule has 1 N–H and O–H groups in total. The number of benzene rings is 2. The molecule has 0 bridgehead atoms. The van der Waals surface area contributed by atoms with Crippen molar-refractivity contribution in [2.45, 2.75) is 32.6 Å². The maximum atomic E-state index is 12.6. The zero-order valence-corrected chi connectivity index (χ0v) is 18.2. The minimum absolute atomic E-state index is 0.0289. The molecule has 0 atom stereocenters. The zero-order chi connectivity index (χ0) is 21.9. The molecule has 6 heteroatoms. The van der Waals surface area contributed by atoms with Crippen LogP contribution in [-0.4, -0.2) is 49.6 Å². The van der Waals surface area contributed by atoms with Crippen molar-refractivity contribution in [3.8, 4) is 5.75 Å². The van der Waals surface area contributed by atoms with Crippen LogP contribution in [0.4, 0.5) is 5.69 Å². The van der Waals surface area contributed by atoms with E-state index in [0.717, 1.165) is 24.3 Å². The number of nitrogens with one attached hydrogen (secondary N) is 1. The lowest BCUT2D eigenvalue weighted by atomic mass is 9.97. The monoisotopic (exact) mass is 424 g/mol. The Morgan fingerprint density at radius 2 is 1.74 bits per heavy atom. The smallest absolute Gasteiger partial charge is 0.309 e. The van der Waals surface area contributed by atoms with Crippen molar-refractivity contribution >= 4 is 17.6 Å². The van der Waals surface area contributed by atoms with Gasteiger partial charge in [-0.05, 0) is 50.3 Å². The second kappa shape index (κ2) is 12.0. The number of hydrogen-bond acceptors (Lipinski definition) is 5. The van der Waals surface area contributed by atoms with Gasteiger partial charge in [0.2, 0.25) is 5.91 Å². The van der Waals surface area contributed by atoms with E-state index in [1.165, 1.54) is 5.56 Å². The number of para-hydroxylation sites is 2. The Morgan fingerprint density at radius 1 is 1.03 bits per heavy atom. The number of anilines is 1. The molecule has 2 aromatic carbocycles. The molecule has 0 radical (unpaired) electrons. The van der Waals surface area contributed by atoms with Crippen LogP contribution in [0.1, 0.15) is 31.7 Å². The van der Waals surface area contributed by atoms with Gasteiger partial charge < -0.3 is 19.7 Å². The predicted molar refractivity (Wildman–Crippen MR) is 121 cm³/mol. The van der Waals surface area contributed by atoms with Crippen molar-refractivity contribution in [1.29, 1.82) is 0 Å². The van der Waals surface area contributed by atoms with Crippen molar-refractivity contribution < 1.29 is 19.1 Å². The molecule has 1 amide bonds. The average molecular weight is 425 g/mol. The van der Waals surface area contributed by atoms with Crippen molar-refractivity contribution in [3.05, 3.63) is 60.2 Å². The number of aryl methyl sites for hydroxylation is 1. The molecule has 0 aromatic heterocycles. The van der Waals surface area contributed by atoms with Crippen LogP contribution >= 0.6 is 0 Å². The summed E-state index contributed by atoms with van der Waals surface area (Å²) in [4.78, 5) is 26.3. The Kier molecular flexibility index (Phi) is 8.76. The van der Waals surface area contributed by atoms with Crippen LogP contribution in [0, 0.1) is 5.92 Å². The van der Waals surface area contributed by atoms with Gasteiger partial charge in [-0.2, -0.15) is 0 Å². The molecule has 1 aliphatic heterocycles. The number of nitrogens with zero attached hydrogens (tertiary/aromatic N) is 1. The fourth-order valence-corrected chi connectivity index (χ4v) is 3.75. The van der Waals surface area contributed by atoms with Crippen LogP contribution in [0.5, 0.6) is 5.75 Å². The van der Waals surface area contributed by atoms with Crippen molar-refractivity contribution in [2.24, 2.45) is 5.92 Å². The first-order chi connectivity index (χ1) is 15.2. The third-order valence-electron chi connectivity index (χ3n) is 5.49. The maximum Gasteiger partial charge on any atom is 0.309 e. The van der Waals surface area contributed by atoms with Crippen molar-refractivity contribution in [2.75, 3.05) is 38.2 Å². The van der Waals surface area contributed by atoms with Gasteiger partial charge >= 0.3 is 5.97 Å². The van der Waals surface area contributed by atoms with Crippen molar-refractivity contribution in [1.82, 2.24) is 4.90 Å². The second-order valence-electron chi connectivity index (χ2n) is 7.69. The summed E-state index contributed by atoms with van der Waals surface area (Å²) in [7, 11) is 0. The first-order valence-electron chi connectivity index (χ1n) is 11.1. The molecular weight excluding hydrogens is 392 g/mol. The molecule has 0 unspecified atom stereocenters. The van der Waals surface area contributed by atoms with Gasteiger partial charge in [0.25, 0.3) is 0 Å². The molecule has 3 rings (SSSR count). The quantitative estimate of drug-likeness (QED) is 0.463. The Balaban J connectivity index is 1.42. The lowest BCUT2D eigenvalue weighted by molar-refractivity contribution is -0.151. The lowest BCUT2D eigenvalue weighted by Gasteiger charge is -2.31. The molecule has 31 heavy (non-hydrogen) atoms. The Bertz CT molecular complexity index is 832. The summed E-state index contributed by atoms with van der Waals surface area (Å²) in [5.41, 5.74) is 2.12. The van der Waals surface area contributed by atoms with Gasteiger partial charge in [0, 0.05) is 13.1 Å². The fourth-order valence-electron chi connectivity index (χ4n) is 3.75. The summed E-state index contributed by atoms with van der Waals surface area (Å²) in [5.74, 6) is 0.540. The summed E-state index contributed by atoms with van der Waals surface area (Å²) in [6.07, 6.45) is 3.21. The van der Waals surface area contributed by atoms with Gasteiger partial charge in [0.05, 0.1) is 31.4 Å². The highest BCUT2D eigenvalue weighted by Crippen LogP contribution is 2.24. The zero-order valence-electron chi connectivity index (χ0n) is 18.2. The maximum absolute atomic E-state index is 12.6. The Labute approximate surface area is 184 Å². The fraction of sp³-hybridized carbons (Fsp3) is 0.440. The SMILES string of the molecule is CCOC(=O)C1CCN(C(=O)CNc2ccccc2OCCCc2ccccc2)CC1. The van der Waals surface area contributed by atoms with Gasteiger partial charge in [-0.15, -0.1) is 0 Å². The van der Waals surface area contributed by atoms with E-state index in [1.807, 2.05) is 54.3 Å². The standard InChI is InChI=1S/C25H32N2O4/c1-2-30-25(29)21-14-16-27(17-15-21)24(28)19-26-22-12-6-7-13-23(22)31-18-8-11-20-9-4-3-5-10-20/h3-7,9-10,12-13,21,26H,2,8,11,14-19H2,1H3. The summed E-state index contributed by atoms with van der Waals surface area (Å²) in [6.45, 7) is 4.20. The first-order valence-corrected chi connectivity index (χ1v) is 11.1. The molecule has 1 aliphatic rings. The minimum Gasteiger partial charge on any atom is -0.491 e. The highest BCUT2D eigenvalue weighted by atomic mass is 16.5. The van der Waals surface area contributed by atoms with Crippen molar-refractivity contribution in [3.63, 3.8) is 0 Å². The highest BCUT2D eigenvalue weighted by Gasteiger charge is 2.28. The van der Waals surface area contributed by atoms with Crippen LogP contribution < -0.4 is 10.1 Å². The molecule has 2 aromatic rings. The van der Waals surface area contributed by atoms with Crippen LogP contribution in [0.25, 0.3) is 0 Å². The first kappa shape index (κ1) is 22.7. The molecule has 1 saturated heterocycles. The molecule has 0 aliphatic carbocycles. The molecule has 6 nitrogen and oxygen atoms in total. The van der Waals surface area contributed by atoms with Gasteiger partial charge in [0.1, 0.15) is 5.75 Å². The van der Waals surface area contributed by atoms with E-state index < -0.39 is 0 Å². The summed E-state index contributed by atoms with van der Waals surface area (Å²) in [5, 5.41) is 3.22. The lowest BCUT2D eigenvalue weighted by Crippen LogP contribution is -2.43. The van der Waals surface area contributed by atoms with E-state index in [9.17, 15) is 9.59 Å². The van der Waals surface area contributed by atoms with Gasteiger partial charge in [-0.25, -0.2) is 0 Å². The second-order valence-corrected chi connectivity index (χ2v) is 7.69. The third-order valence-corrected chi connectivity index (χ3v) is 5.49. The number of likely N-dealkylation sites (tertiary alicyclic amines) is 1. The Morgan fingerprint density at radius 3 is 2.48 bits per heavy atom. The number of esters is 1. The van der Waals surface area contributed by atoms with E-state index in [2.05, 4.69) is 17.4 Å². The number of hydrogen-bond donors (Lipinski definition) is 1. The number of piperidine rings is 1. The number of ether oxygens (including phenoxy) is 2.